The first kappa shape index (κ1) is 25.6. The van der Waals surface area contributed by atoms with Crippen molar-refractivity contribution in [2.24, 2.45) is 0 Å². The Morgan fingerprint density at radius 1 is 0.879 bits per heavy atom. The molecule has 2 N–H and O–H groups in total. The summed E-state index contributed by atoms with van der Waals surface area (Å²) in [4.78, 5) is 34.6. The average molecular weight is 455 g/mol. The molecule has 0 saturated heterocycles. The van der Waals surface area contributed by atoms with Crippen LogP contribution in [0.3, 0.4) is 0 Å². The molecule has 7 nitrogen and oxygen atoms in total. The first-order chi connectivity index (χ1) is 15.9. The highest BCUT2D eigenvalue weighted by molar-refractivity contribution is 6.09. The van der Waals surface area contributed by atoms with Crippen molar-refractivity contribution in [1.29, 1.82) is 0 Å². The quantitative estimate of drug-likeness (QED) is 0.208. The molecule has 2 rings (SSSR count). The molecule has 0 bridgehead atoms. The molecule has 0 spiro atoms. The number of allylic oxidation sites excluding steroid dienone is 1. The number of aromatic carboxylic acids is 1. The Morgan fingerprint density at radius 2 is 1.58 bits per heavy atom. The Morgan fingerprint density at radius 3 is 2.24 bits per heavy atom. The molecule has 0 radical (unpaired) electrons. The first-order valence-electron chi connectivity index (χ1n) is 11.1. The van der Waals surface area contributed by atoms with Gasteiger partial charge in [-0.15, -0.1) is 0 Å². The number of carbonyl (C=O) groups is 3. The third-order valence-corrected chi connectivity index (χ3v) is 4.92. The second-order valence-electron chi connectivity index (χ2n) is 7.58. The maximum Gasteiger partial charge on any atom is 0.341 e. The van der Waals surface area contributed by atoms with Gasteiger partial charge in [0.25, 0.3) is 0 Å². The lowest BCUT2D eigenvalue weighted by Crippen LogP contribution is -2.12. The van der Waals surface area contributed by atoms with Crippen LogP contribution in [0.5, 0.6) is 11.5 Å². The Balaban J connectivity index is 1.95. The monoisotopic (exact) mass is 454 g/mol. The SMILES string of the molecule is CCCCCCCCOc1ccc(/C=C/C(=O)c2ccc(C(=O)O)cc2OCC(=O)O)cc1. The third-order valence-electron chi connectivity index (χ3n) is 4.92. The van der Waals surface area contributed by atoms with Crippen LogP contribution in [0, 0.1) is 0 Å². The van der Waals surface area contributed by atoms with Gasteiger partial charge in [0.15, 0.2) is 12.4 Å². The minimum absolute atomic E-state index is 0.0800. The lowest BCUT2D eigenvalue weighted by Gasteiger charge is -2.09. The van der Waals surface area contributed by atoms with Crippen molar-refractivity contribution in [3.63, 3.8) is 0 Å². The van der Waals surface area contributed by atoms with Crippen molar-refractivity contribution < 1.29 is 34.1 Å². The van der Waals surface area contributed by atoms with Gasteiger partial charge >= 0.3 is 11.9 Å². The number of unbranched alkanes of at least 4 members (excludes halogenated alkanes) is 5. The molecule has 7 heteroatoms. The number of ketones is 1. The number of aliphatic carboxylic acids is 1. The highest BCUT2D eigenvalue weighted by Crippen LogP contribution is 2.23. The van der Waals surface area contributed by atoms with E-state index in [0.29, 0.717) is 6.61 Å². The molecule has 0 atom stereocenters. The van der Waals surface area contributed by atoms with E-state index in [9.17, 15) is 14.4 Å². The summed E-state index contributed by atoms with van der Waals surface area (Å²) in [7, 11) is 0. The van der Waals surface area contributed by atoms with E-state index in [-0.39, 0.29) is 16.9 Å². The Labute approximate surface area is 193 Å². The molecule has 0 aliphatic rings. The summed E-state index contributed by atoms with van der Waals surface area (Å²) in [5.74, 6) is -2.20. The molecule has 0 heterocycles. The van der Waals surface area contributed by atoms with Crippen molar-refractivity contribution in [2.45, 2.75) is 45.4 Å². The zero-order valence-corrected chi connectivity index (χ0v) is 18.8. The number of carboxylic acid groups (broad SMARTS) is 2. The lowest BCUT2D eigenvalue weighted by atomic mass is 10.1. The zero-order chi connectivity index (χ0) is 24.1. The van der Waals surface area contributed by atoms with Crippen LogP contribution in [0.4, 0.5) is 0 Å². The highest BCUT2D eigenvalue weighted by atomic mass is 16.5. The van der Waals surface area contributed by atoms with Gasteiger partial charge in [0.1, 0.15) is 11.5 Å². The van der Waals surface area contributed by atoms with Crippen LogP contribution < -0.4 is 9.47 Å². The summed E-state index contributed by atoms with van der Waals surface area (Å²) in [5.41, 5.74) is 0.759. The van der Waals surface area contributed by atoms with Crippen LogP contribution in [0.1, 0.15) is 71.7 Å². The largest absolute Gasteiger partial charge is 0.494 e. The molecule has 0 saturated carbocycles. The van der Waals surface area contributed by atoms with Gasteiger partial charge in [-0.05, 0) is 48.4 Å². The average Bonchev–Trinajstić information content (AvgIpc) is 2.81. The molecule has 33 heavy (non-hydrogen) atoms. The molecule has 0 unspecified atom stereocenters. The molecule has 0 amide bonds. The number of hydrogen-bond donors (Lipinski definition) is 2. The van der Waals surface area contributed by atoms with Crippen molar-refractivity contribution >= 4 is 23.8 Å². The van der Waals surface area contributed by atoms with Crippen LogP contribution in [0.15, 0.2) is 48.5 Å². The van der Waals surface area contributed by atoms with E-state index in [1.165, 1.54) is 43.9 Å². The van der Waals surface area contributed by atoms with Crippen molar-refractivity contribution in [3.8, 4) is 11.5 Å². The summed E-state index contributed by atoms with van der Waals surface area (Å²) in [5, 5.41) is 17.9. The van der Waals surface area contributed by atoms with E-state index < -0.39 is 24.3 Å². The van der Waals surface area contributed by atoms with Crippen LogP contribution in [-0.4, -0.2) is 41.1 Å². The third kappa shape index (κ3) is 9.19. The second-order valence-corrected chi connectivity index (χ2v) is 7.58. The molecule has 2 aromatic carbocycles. The Kier molecular flexibility index (Phi) is 10.7. The van der Waals surface area contributed by atoms with E-state index in [4.69, 9.17) is 19.7 Å². The molecular weight excluding hydrogens is 424 g/mol. The fourth-order valence-electron chi connectivity index (χ4n) is 3.13. The second kappa shape index (κ2) is 13.7. The highest BCUT2D eigenvalue weighted by Gasteiger charge is 2.15. The van der Waals surface area contributed by atoms with Crippen molar-refractivity contribution in [2.75, 3.05) is 13.2 Å². The molecule has 0 aliphatic heterocycles. The predicted octanol–water partition coefficient (Wildman–Crippen LogP) is 5.48. The lowest BCUT2D eigenvalue weighted by molar-refractivity contribution is -0.139. The number of hydrogen-bond acceptors (Lipinski definition) is 5. The van der Waals surface area contributed by atoms with Gasteiger partial charge in [-0.25, -0.2) is 9.59 Å². The fourth-order valence-corrected chi connectivity index (χ4v) is 3.13. The zero-order valence-electron chi connectivity index (χ0n) is 18.8. The number of ether oxygens (including phenoxy) is 2. The maximum atomic E-state index is 12.6. The van der Waals surface area contributed by atoms with Crippen LogP contribution in [-0.2, 0) is 4.79 Å². The number of rotatable bonds is 15. The minimum atomic E-state index is -1.23. The van der Waals surface area contributed by atoms with E-state index in [2.05, 4.69) is 6.92 Å². The molecule has 0 aromatic heterocycles. The molecular formula is C26H30O7. The van der Waals surface area contributed by atoms with Gasteiger partial charge in [0.2, 0.25) is 0 Å². The van der Waals surface area contributed by atoms with Gasteiger partial charge in [0, 0.05) is 0 Å². The molecule has 0 fully saturated rings. The fraction of sp³-hybridized carbons (Fsp3) is 0.346. The van der Waals surface area contributed by atoms with E-state index >= 15 is 0 Å². The number of benzene rings is 2. The Hall–Kier alpha value is -3.61. The summed E-state index contributed by atoms with van der Waals surface area (Å²) in [6, 6.07) is 11.1. The van der Waals surface area contributed by atoms with E-state index in [0.717, 1.165) is 30.2 Å². The minimum Gasteiger partial charge on any atom is -0.494 e. The number of carboxylic acids is 2. The summed E-state index contributed by atoms with van der Waals surface area (Å²) in [6.07, 6.45) is 10.1. The van der Waals surface area contributed by atoms with Crippen LogP contribution in [0.25, 0.3) is 6.08 Å². The van der Waals surface area contributed by atoms with E-state index in [1.54, 1.807) is 6.08 Å². The normalized spacial score (nSPS) is 10.8. The van der Waals surface area contributed by atoms with Crippen LogP contribution >= 0.6 is 0 Å². The summed E-state index contributed by atoms with van der Waals surface area (Å²) in [6.45, 7) is 2.18. The van der Waals surface area contributed by atoms with Gasteiger partial charge in [-0.1, -0.05) is 57.2 Å². The number of carbonyl (C=O) groups excluding carboxylic acids is 1. The molecule has 0 aliphatic carbocycles. The van der Waals surface area contributed by atoms with Gasteiger partial charge in [0.05, 0.1) is 17.7 Å². The first-order valence-corrected chi connectivity index (χ1v) is 11.1. The van der Waals surface area contributed by atoms with Crippen molar-refractivity contribution in [3.05, 3.63) is 65.2 Å². The van der Waals surface area contributed by atoms with Gasteiger partial charge < -0.3 is 19.7 Å². The smallest absolute Gasteiger partial charge is 0.341 e. The summed E-state index contributed by atoms with van der Waals surface area (Å²) >= 11 is 0. The summed E-state index contributed by atoms with van der Waals surface area (Å²) < 4.78 is 10.9. The van der Waals surface area contributed by atoms with Crippen molar-refractivity contribution in [1.82, 2.24) is 0 Å². The molecule has 176 valence electrons. The maximum absolute atomic E-state index is 12.6. The van der Waals surface area contributed by atoms with Gasteiger partial charge in [-0.3, -0.25) is 4.79 Å². The topological polar surface area (TPSA) is 110 Å². The van der Waals surface area contributed by atoms with Gasteiger partial charge in [-0.2, -0.15) is 0 Å². The Bertz CT molecular complexity index is 961. The molecule has 2 aromatic rings. The van der Waals surface area contributed by atoms with E-state index in [1.807, 2.05) is 24.3 Å². The predicted molar refractivity (Wildman–Crippen MR) is 125 cm³/mol. The van der Waals surface area contributed by atoms with Crippen LogP contribution in [0.2, 0.25) is 0 Å². The standard InChI is InChI=1S/C26H30O7/c1-2-3-4-5-6-7-16-32-21-12-8-19(9-13-21)10-15-23(27)22-14-11-20(26(30)31)17-24(22)33-18-25(28)29/h8-15,17H,2-7,16,18H2,1H3,(H,28,29)(H,30,31)/b15-10+.